The lowest BCUT2D eigenvalue weighted by Crippen LogP contribution is -2.38. The Kier molecular flexibility index (Phi) is 7.55. The highest BCUT2D eigenvalue weighted by atomic mass is 16.5. The lowest BCUT2D eigenvalue weighted by molar-refractivity contribution is 0.107. The Morgan fingerprint density at radius 1 is 1.08 bits per heavy atom. The Morgan fingerprint density at radius 3 is 2.56 bits per heavy atom. The Morgan fingerprint density at radius 2 is 1.80 bits per heavy atom. The van der Waals surface area contributed by atoms with Crippen LogP contribution in [0.1, 0.15) is 0 Å². The van der Waals surface area contributed by atoms with Gasteiger partial charge in [0.25, 0.3) is 0 Å². The highest BCUT2D eigenvalue weighted by Crippen LogP contribution is 2.19. The van der Waals surface area contributed by atoms with Gasteiger partial charge >= 0.3 is 6.03 Å². The molecule has 0 saturated carbocycles. The molecule has 0 heterocycles. The molecule has 6 N–H and O–H groups in total. The van der Waals surface area contributed by atoms with Crippen LogP contribution < -0.4 is 26.4 Å². The van der Waals surface area contributed by atoms with Crippen LogP contribution in [0.3, 0.4) is 0 Å². The molecular formula is C18H24N4O3. The number of hydrogen-bond donors (Lipinski definition) is 5. The fraction of sp³-hybridized carbons (Fsp3) is 0.278. The van der Waals surface area contributed by atoms with E-state index in [1.807, 2.05) is 42.5 Å². The molecule has 7 nitrogen and oxygen atoms in total. The number of amides is 2. The van der Waals surface area contributed by atoms with E-state index in [1.165, 1.54) is 0 Å². The van der Waals surface area contributed by atoms with Crippen LogP contribution in [0.15, 0.2) is 54.6 Å². The third-order valence-electron chi connectivity index (χ3n) is 3.35. The van der Waals surface area contributed by atoms with E-state index >= 15 is 0 Å². The average molecular weight is 344 g/mol. The third-order valence-corrected chi connectivity index (χ3v) is 3.35. The summed E-state index contributed by atoms with van der Waals surface area (Å²) in [4.78, 5) is 11.7. The molecule has 134 valence electrons. The van der Waals surface area contributed by atoms with Gasteiger partial charge in [0.05, 0.1) is 5.69 Å². The summed E-state index contributed by atoms with van der Waals surface area (Å²) in [5.41, 5.74) is 7.04. The number of nitrogens with two attached hydrogens (primary N) is 1. The zero-order valence-electron chi connectivity index (χ0n) is 13.9. The van der Waals surface area contributed by atoms with Gasteiger partial charge in [0.1, 0.15) is 18.5 Å². The van der Waals surface area contributed by atoms with Crippen molar-refractivity contribution in [1.29, 1.82) is 0 Å². The molecule has 2 aromatic rings. The molecule has 2 rings (SSSR count). The summed E-state index contributed by atoms with van der Waals surface area (Å²) in [7, 11) is 0. The van der Waals surface area contributed by atoms with E-state index in [0.29, 0.717) is 31.1 Å². The van der Waals surface area contributed by atoms with Gasteiger partial charge in [0, 0.05) is 25.3 Å². The fourth-order valence-electron chi connectivity index (χ4n) is 2.09. The standard InChI is InChI=1S/C18H24N4O3/c19-16-8-4-5-9-17(16)25-13-15(23)12-20-10-11-21-18(24)22-14-6-2-1-3-7-14/h1-9,15,20,23H,10-13,19H2,(H2,21,22,24). The second kappa shape index (κ2) is 10.2. The van der Waals surface area contributed by atoms with Gasteiger partial charge in [-0.05, 0) is 24.3 Å². The summed E-state index contributed by atoms with van der Waals surface area (Å²) in [6, 6.07) is 16.1. The molecule has 1 unspecified atom stereocenters. The van der Waals surface area contributed by atoms with Crippen LogP contribution in [-0.4, -0.2) is 43.5 Å². The van der Waals surface area contributed by atoms with Crippen LogP contribution in [-0.2, 0) is 0 Å². The highest BCUT2D eigenvalue weighted by molar-refractivity contribution is 5.89. The average Bonchev–Trinajstić information content (AvgIpc) is 2.61. The maximum absolute atomic E-state index is 11.7. The van der Waals surface area contributed by atoms with Crippen LogP contribution >= 0.6 is 0 Å². The minimum atomic E-state index is -0.669. The van der Waals surface area contributed by atoms with Crippen LogP contribution in [0, 0.1) is 0 Å². The number of nitrogens with one attached hydrogen (secondary N) is 3. The van der Waals surface area contributed by atoms with Gasteiger partial charge in [-0.15, -0.1) is 0 Å². The number of hydrogen-bond acceptors (Lipinski definition) is 5. The Hall–Kier alpha value is -2.77. The van der Waals surface area contributed by atoms with E-state index in [4.69, 9.17) is 10.5 Å². The van der Waals surface area contributed by atoms with Crippen molar-refractivity contribution in [1.82, 2.24) is 10.6 Å². The van der Waals surface area contributed by atoms with Crippen molar-refractivity contribution in [3.8, 4) is 5.75 Å². The summed E-state index contributed by atoms with van der Waals surface area (Å²) >= 11 is 0. The molecule has 2 aromatic carbocycles. The Bertz CT molecular complexity index is 652. The Balaban J connectivity index is 1.53. The van der Waals surface area contributed by atoms with Crippen molar-refractivity contribution in [2.24, 2.45) is 0 Å². The number of ether oxygens (including phenoxy) is 1. The molecule has 25 heavy (non-hydrogen) atoms. The number of benzene rings is 2. The molecule has 0 aliphatic rings. The number of carbonyl (C=O) groups excluding carboxylic acids is 1. The maximum atomic E-state index is 11.7. The summed E-state index contributed by atoms with van der Waals surface area (Å²) < 4.78 is 5.47. The van der Waals surface area contributed by atoms with Gasteiger partial charge in [-0.25, -0.2) is 4.79 Å². The first-order chi connectivity index (χ1) is 12.1. The summed E-state index contributed by atoms with van der Waals surface area (Å²) in [6.07, 6.45) is -0.669. The van der Waals surface area contributed by atoms with E-state index in [2.05, 4.69) is 16.0 Å². The van der Waals surface area contributed by atoms with Crippen molar-refractivity contribution in [2.45, 2.75) is 6.10 Å². The number of nitrogen functional groups attached to an aromatic ring is 1. The first-order valence-electron chi connectivity index (χ1n) is 8.11. The highest BCUT2D eigenvalue weighted by Gasteiger charge is 2.06. The molecule has 0 saturated heterocycles. The van der Waals surface area contributed by atoms with Gasteiger partial charge in [-0.1, -0.05) is 30.3 Å². The molecule has 0 aromatic heterocycles. The van der Waals surface area contributed by atoms with E-state index in [9.17, 15) is 9.90 Å². The van der Waals surface area contributed by atoms with E-state index in [0.717, 1.165) is 5.69 Å². The van der Waals surface area contributed by atoms with Crippen LogP contribution in [0.5, 0.6) is 5.75 Å². The fourth-order valence-corrected chi connectivity index (χ4v) is 2.09. The number of anilines is 2. The normalized spacial score (nSPS) is 11.6. The number of urea groups is 1. The van der Waals surface area contributed by atoms with Gasteiger partial charge in [0.2, 0.25) is 0 Å². The second-order valence-corrected chi connectivity index (χ2v) is 5.45. The third kappa shape index (κ3) is 7.11. The summed E-state index contributed by atoms with van der Waals surface area (Å²) in [5, 5.41) is 18.4. The molecule has 1 atom stereocenters. The van der Waals surface area contributed by atoms with Crippen LogP contribution in [0.4, 0.5) is 16.2 Å². The topological polar surface area (TPSA) is 109 Å². The molecular weight excluding hydrogens is 320 g/mol. The van der Waals surface area contributed by atoms with Crippen molar-refractivity contribution >= 4 is 17.4 Å². The van der Waals surface area contributed by atoms with Gasteiger partial charge in [-0.3, -0.25) is 0 Å². The second-order valence-electron chi connectivity index (χ2n) is 5.45. The zero-order valence-corrected chi connectivity index (χ0v) is 13.9. The van der Waals surface area contributed by atoms with Gasteiger partial charge in [0.15, 0.2) is 0 Å². The lowest BCUT2D eigenvalue weighted by atomic mass is 10.3. The van der Waals surface area contributed by atoms with Crippen molar-refractivity contribution in [3.63, 3.8) is 0 Å². The van der Waals surface area contributed by atoms with Crippen LogP contribution in [0.2, 0.25) is 0 Å². The minimum absolute atomic E-state index is 0.142. The SMILES string of the molecule is Nc1ccccc1OCC(O)CNCCNC(=O)Nc1ccccc1. The molecule has 0 aliphatic heterocycles. The predicted octanol–water partition coefficient (Wildman–Crippen LogP) is 1.42. The number of aliphatic hydroxyl groups excluding tert-OH is 1. The van der Waals surface area contributed by atoms with Crippen molar-refractivity contribution in [2.75, 3.05) is 37.3 Å². The van der Waals surface area contributed by atoms with Crippen LogP contribution in [0.25, 0.3) is 0 Å². The summed E-state index contributed by atoms with van der Waals surface area (Å²) in [6.45, 7) is 1.47. The molecule has 0 aliphatic carbocycles. The number of para-hydroxylation sites is 3. The minimum Gasteiger partial charge on any atom is -0.489 e. The number of aliphatic hydroxyl groups is 1. The maximum Gasteiger partial charge on any atom is 0.319 e. The molecule has 0 radical (unpaired) electrons. The quantitative estimate of drug-likeness (QED) is 0.349. The largest absolute Gasteiger partial charge is 0.489 e. The van der Waals surface area contributed by atoms with Crippen molar-refractivity contribution in [3.05, 3.63) is 54.6 Å². The van der Waals surface area contributed by atoms with E-state index in [-0.39, 0.29) is 12.6 Å². The molecule has 0 fully saturated rings. The smallest absolute Gasteiger partial charge is 0.319 e. The number of carbonyl (C=O) groups is 1. The zero-order chi connectivity index (χ0) is 17.9. The monoisotopic (exact) mass is 344 g/mol. The van der Waals surface area contributed by atoms with Gasteiger partial charge in [-0.2, -0.15) is 0 Å². The molecule has 2 amide bonds. The molecule has 0 bridgehead atoms. The molecule has 0 spiro atoms. The van der Waals surface area contributed by atoms with E-state index in [1.54, 1.807) is 12.1 Å². The predicted molar refractivity (Wildman–Crippen MR) is 98.7 cm³/mol. The first kappa shape index (κ1) is 18.6. The first-order valence-corrected chi connectivity index (χ1v) is 8.11. The van der Waals surface area contributed by atoms with E-state index < -0.39 is 6.10 Å². The van der Waals surface area contributed by atoms with Crippen molar-refractivity contribution < 1.29 is 14.6 Å². The van der Waals surface area contributed by atoms with Gasteiger partial charge < -0.3 is 31.5 Å². The Labute approximate surface area is 147 Å². The number of rotatable bonds is 9. The summed E-state index contributed by atoms with van der Waals surface area (Å²) in [5.74, 6) is 0.556. The lowest BCUT2D eigenvalue weighted by Gasteiger charge is -2.14. The molecule has 7 heteroatoms.